The summed E-state index contributed by atoms with van der Waals surface area (Å²) >= 11 is 0.321. The Hall–Kier alpha value is -1.34. The fourth-order valence-corrected chi connectivity index (χ4v) is 3.59. The molecule has 2 aromatic carbocycles. The SMILES string of the molecule is COC/C=C(\[Se]c1ccccc1)c1ccccc1. The Morgan fingerprint density at radius 3 is 2.22 bits per heavy atom. The van der Waals surface area contributed by atoms with Crippen LogP contribution in [0.3, 0.4) is 0 Å². The van der Waals surface area contributed by atoms with Gasteiger partial charge in [-0.2, -0.15) is 0 Å². The van der Waals surface area contributed by atoms with Crippen LogP contribution >= 0.6 is 0 Å². The summed E-state index contributed by atoms with van der Waals surface area (Å²) in [6, 6.07) is 21.1. The van der Waals surface area contributed by atoms with Crippen LogP contribution < -0.4 is 4.46 Å². The number of benzene rings is 2. The summed E-state index contributed by atoms with van der Waals surface area (Å²) in [7, 11) is 1.73. The first-order valence-corrected chi connectivity index (χ1v) is 7.59. The fourth-order valence-electron chi connectivity index (χ4n) is 1.60. The molecule has 0 atom stereocenters. The van der Waals surface area contributed by atoms with E-state index in [0.29, 0.717) is 21.6 Å². The van der Waals surface area contributed by atoms with E-state index in [-0.39, 0.29) is 0 Å². The zero-order chi connectivity index (χ0) is 12.6. The molecule has 0 aromatic heterocycles. The van der Waals surface area contributed by atoms with Gasteiger partial charge in [0.15, 0.2) is 0 Å². The monoisotopic (exact) mass is 304 g/mol. The van der Waals surface area contributed by atoms with Gasteiger partial charge in [0.2, 0.25) is 0 Å². The van der Waals surface area contributed by atoms with Gasteiger partial charge < -0.3 is 0 Å². The second-order valence-electron chi connectivity index (χ2n) is 3.80. The minimum atomic E-state index is 0.321. The Morgan fingerprint density at radius 1 is 1.00 bits per heavy atom. The van der Waals surface area contributed by atoms with Gasteiger partial charge in [-0.1, -0.05) is 0 Å². The normalized spacial score (nSPS) is 11.5. The summed E-state index contributed by atoms with van der Waals surface area (Å²) in [4.78, 5) is 0. The number of rotatable bonds is 5. The van der Waals surface area contributed by atoms with E-state index in [4.69, 9.17) is 4.74 Å². The van der Waals surface area contributed by atoms with Gasteiger partial charge in [-0.3, -0.25) is 0 Å². The van der Waals surface area contributed by atoms with Gasteiger partial charge >= 0.3 is 115 Å². The van der Waals surface area contributed by atoms with Crippen LogP contribution in [0.1, 0.15) is 5.56 Å². The summed E-state index contributed by atoms with van der Waals surface area (Å²) in [5, 5.41) is 0. The summed E-state index contributed by atoms with van der Waals surface area (Å²) < 4.78 is 7.92. The minimum absolute atomic E-state index is 0.321. The molecule has 0 fully saturated rings. The van der Waals surface area contributed by atoms with Gasteiger partial charge in [0.25, 0.3) is 0 Å². The van der Waals surface area contributed by atoms with Crippen molar-refractivity contribution in [2.75, 3.05) is 13.7 Å². The van der Waals surface area contributed by atoms with Crippen molar-refractivity contribution >= 4 is 23.9 Å². The van der Waals surface area contributed by atoms with E-state index in [1.165, 1.54) is 14.5 Å². The predicted molar refractivity (Wildman–Crippen MR) is 78.1 cm³/mol. The molecule has 2 rings (SSSR count). The van der Waals surface area contributed by atoms with Crippen LogP contribution in [0.15, 0.2) is 66.7 Å². The molecule has 0 spiro atoms. The molecule has 92 valence electrons. The van der Waals surface area contributed by atoms with Crippen LogP contribution in [-0.2, 0) is 4.74 Å². The Morgan fingerprint density at radius 2 is 1.61 bits per heavy atom. The van der Waals surface area contributed by atoms with Crippen molar-refractivity contribution in [3.63, 3.8) is 0 Å². The number of hydrogen-bond acceptors (Lipinski definition) is 1. The molecule has 2 aromatic rings. The molecule has 0 heterocycles. The van der Waals surface area contributed by atoms with Crippen molar-refractivity contribution in [2.24, 2.45) is 0 Å². The molecule has 0 aliphatic rings. The average Bonchev–Trinajstić information content (AvgIpc) is 2.45. The van der Waals surface area contributed by atoms with Crippen LogP contribution in [0.4, 0.5) is 0 Å². The van der Waals surface area contributed by atoms with Gasteiger partial charge in [-0.15, -0.1) is 0 Å². The molecule has 0 bridgehead atoms. The first-order valence-electron chi connectivity index (χ1n) is 5.87. The summed E-state index contributed by atoms with van der Waals surface area (Å²) in [6.45, 7) is 0.665. The van der Waals surface area contributed by atoms with Gasteiger partial charge in [0.1, 0.15) is 0 Å². The van der Waals surface area contributed by atoms with Crippen LogP contribution in [0.2, 0.25) is 0 Å². The zero-order valence-corrected chi connectivity index (χ0v) is 12.1. The molecule has 0 aliphatic heterocycles. The molecule has 1 nitrogen and oxygen atoms in total. The third-order valence-corrected chi connectivity index (χ3v) is 4.84. The van der Waals surface area contributed by atoms with Gasteiger partial charge in [-0.25, -0.2) is 0 Å². The van der Waals surface area contributed by atoms with Crippen LogP contribution in [0.5, 0.6) is 0 Å². The van der Waals surface area contributed by atoms with E-state index in [2.05, 4.69) is 60.7 Å². The first kappa shape index (κ1) is 13.1. The fraction of sp³-hybridized carbons (Fsp3) is 0.125. The molecule has 0 aliphatic carbocycles. The molecule has 0 radical (unpaired) electrons. The Labute approximate surface area is 115 Å². The second kappa shape index (κ2) is 7.17. The van der Waals surface area contributed by atoms with Gasteiger partial charge in [-0.05, 0) is 0 Å². The molecule has 0 N–H and O–H groups in total. The van der Waals surface area contributed by atoms with E-state index in [1.54, 1.807) is 7.11 Å². The standard InChI is InChI=1S/C16H16OSe/c1-17-13-12-16(14-8-4-2-5-9-14)18-15-10-6-3-7-11-15/h2-12H,13H2,1H3/b16-12-. The number of ether oxygens (including phenoxy) is 1. The third-order valence-electron chi connectivity index (χ3n) is 2.46. The van der Waals surface area contributed by atoms with Crippen molar-refractivity contribution in [2.45, 2.75) is 0 Å². The number of hydrogen-bond donors (Lipinski definition) is 0. The maximum absolute atomic E-state index is 5.17. The topological polar surface area (TPSA) is 9.23 Å². The van der Waals surface area contributed by atoms with Crippen molar-refractivity contribution < 1.29 is 4.74 Å². The average molecular weight is 303 g/mol. The third kappa shape index (κ3) is 3.85. The quantitative estimate of drug-likeness (QED) is 0.772. The molecule has 0 saturated carbocycles. The number of methoxy groups -OCH3 is 1. The molecular formula is C16H16OSe. The van der Waals surface area contributed by atoms with E-state index in [1.807, 2.05) is 6.07 Å². The van der Waals surface area contributed by atoms with Crippen LogP contribution in [0, 0.1) is 0 Å². The van der Waals surface area contributed by atoms with E-state index < -0.39 is 0 Å². The zero-order valence-electron chi connectivity index (χ0n) is 10.4. The second-order valence-corrected chi connectivity index (χ2v) is 6.14. The summed E-state index contributed by atoms with van der Waals surface area (Å²) in [6.07, 6.45) is 2.18. The Kier molecular flexibility index (Phi) is 5.22. The Balaban J connectivity index is 2.22. The Bertz CT molecular complexity index is 491. The van der Waals surface area contributed by atoms with E-state index >= 15 is 0 Å². The summed E-state index contributed by atoms with van der Waals surface area (Å²) in [5.41, 5.74) is 1.29. The molecule has 0 saturated heterocycles. The maximum atomic E-state index is 5.17. The van der Waals surface area contributed by atoms with Crippen molar-refractivity contribution in [3.05, 3.63) is 72.3 Å². The summed E-state index contributed by atoms with van der Waals surface area (Å²) in [5.74, 6) is 0. The van der Waals surface area contributed by atoms with Gasteiger partial charge in [0.05, 0.1) is 0 Å². The molecule has 2 heteroatoms. The first-order chi connectivity index (χ1) is 8.90. The van der Waals surface area contributed by atoms with Crippen LogP contribution in [-0.4, -0.2) is 28.7 Å². The van der Waals surface area contributed by atoms with Crippen molar-refractivity contribution in [3.8, 4) is 0 Å². The predicted octanol–water partition coefficient (Wildman–Crippen LogP) is 2.70. The molecule has 18 heavy (non-hydrogen) atoms. The van der Waals surface area contributed by atoms with Crippen molar-refractivity contribution in [1.82, 2.24) is 0 Å². The van der Waals surface area contributed by atoms with E-state index in [9.17, 15) is 0 Å². The molecule has 0 unspecified atom stereocenters. The van der Waals surface area contributed by atoms with Crippen molar-refractivity contribution in [1.29, 1.82) is 0 Å². The van der Waals surface area contributed by atoms with Crippen LogP contribution in [0.25, 0.3) is 4.47 Å². The van der Waals surface area contributed by atoms with Gasteiger partial charge in [0, 0.05) is 0 Å². The molecular weight excluding hydrogens is 287 g/mol. The molecule has 0 amide bonds. The van der Waals surface area contributed by atoms with E-state index in [0.717, 1.165) is 0 Å².